The lowest BCUT2D eigenvalue weighted by atomic mass is 10.1. The van der Waals surface area contributed by atoms with E-state index in [0.717, 1.165) is 11.1 Å². The topological polar surface area (TPSA) is 105 Å². The monoisotopic (exact) mass is 356 g/mol. The molecule has 2 rings (SSSR count). The number of ether oxygens (including phenoxy) is 1. The van der Waals surface area contributed by atoms with Gasteiger partial charge in [-0.05, 0) is 37.1 Å². The van der Waals surface area contributed by atoms with Crippen LogP contribution >= 0.6 is 0 Å². The highest BCUT2D eigenvalue weighted by Crippen LogP contribution is 2.19. The fourth-order valence-corrected chi connectivity index (χ4v) is 2.28. The number of aryl methyl sites for hydroxylation is 2. The van der Waals surface area contributed by atoms with Gasteiger partial charge in [0.25, 0.3) is 5.91 Å². The number of aromatic hydroxyl groups is 1. The second kappa shape index (κ2) is 8.66. The summed E-state index contributed by atoms with van der Waals surface area (Å²) in [5.41, 5.74) is 2.51. The third-order valence-corrected chi connectivity index (χ3v) is 3.65. The lowest BCUT2D eigenvalue weighted by Crippen LogP contribution is -2.35. The molecule has 0 aliphatic carbocycles. The summed E-state index contributed by atoms with van der Waals surface area (Å²) in [5, 5.41) is 14.7. The number of nitrogens with one attached hydrogen (secondary N) is 2. The van der Waals surface area contributed by atoms with Crippen LogP contribution in [0.4, 0.5) is 5.69 Å². The van der Waals surface area contributed by atoms with Crippen LogP contribution < -0.4 is 10.6 Å². The van der Waals surface area contributed by atoms with Crippen LogP contribution in [0.3, 0.4) is 0 Å². The van der Waals surface area contributed by atoms with Gasteiger partial charge < -0.3 is 20.5 Å². The maximum atomic E-state index is 12.0. The number of hydrogen-bond donors (Lipinski definition) is 3. The second-order valence-electron chi connectivity index (χ2n) is 5.68. The van der Waals surface area contributed by atoms with Crippen molar-refractivity contribution >= 4 is 23.5 Å². The van der Waals surface area contributed by atoms with Gasteiger partial charge >= 0.3 is 5.97 Å². The highest BCUT2D eigenvalue weighted by Gasteiger charge is 2.14. The van der Waals surface area contributed by atoms with Crippen LogP contribution in [-0.2, 0) is 14.3 Å². The average molecular weight is 356 g/mol. The van der Waals surface area contributed by atoms with E-state index in [-0.39, 0.29) is 23.8 Å². The standard InChI is InChI=1S/C19H20N2O5/c1-12-6-5-7-13(2)18(12)21-16(23)10-20-17(24)11-26-19(25)14-8-3-4-9-15(14)22/h3-9,22H,10-11H2,1-2H3,(H,20,24)(H,21,23). The highest BCUT2D eigenvalue weighted by atomic mass is 16.5. The summed E-state index contributed by atoms with van der Waals surface area (Å²) in [6, 6.07) is 11.5. The Kier molecular flexibility index (Phi) is 6.32. The second-order valence-corrected chi connectivity index (χ2v) is 5.68. The van der Waals surface area contributed by atoms with E-state index >= 15 is 0 Å². The molecule has 0 radical (unpaired) electrons. The number of benzene rings is 2. The largest absolute Gasteiger partial charge is 0.507 e. The molecule has 0 heterocycles. The molecule has 0 bridgehead atoms. The number of carbonyl (C=O) groups is 3. The number of phenols is 1. The molecule has 136 valence electrons. The molecule has 7 nitrogen and oxygen atoms in total. The molecular formula is C19H20N2O5. The molecule has 0 unspecified atom stereocenters. The number of hydrogen-bond acceptors (Lipinski definition) is 5. The van der Waals surface area contributed by atoms with Gasteiger partial charge in [-0.15, -0.1) is 0 Å². The predicted octanol–water partition coefficient (Wildman–Crippen LogP) is 1.92. The van der Waals surface area contributed by atoms with Gasteiger partial charge in [0.2, 0.25) is 5.91 Å². The Hall–Kier alpha value is -3.35. The number of rotatable bonds is 6. The SMILES string of the molecule is Cc1cccc(C)c1NC(=O)CNC(=O)COC(=O)c1ccccc1O. The van der Waals surface area contributed by atoms with E-state index in [4.69, 9.17) is 4.74 Å². The Bertz CT molecular complexity index is 812. The Morgan fingerprint density at radius 3 is 2.27 bits per heavy atom. The van der Waals surface area contributed by atoms with Gasteiger partial charge in [-0.25, -0.2) is 4.79 Å². The lowest BCUT2D eigenvalue weighted by Gasteiger charge is -2.12. The molecule has 0 aliphatic rings. The van der Waals surface area contributed by atoms with E-state index in [2.05, 4.69) is 10.6 Å². The van der Waals surface area contributed by atoms with Gasteiger partial charge in [-0.3, -0.25) is 9.59 Å². The summed E-state index contributed by atoms with van der Waals surface area (Å²) < 4.78 is 4.82. The van der Waals surface area contributed by atoms with E-state index in [1.54, 1.807) is 12.1 Å². The van der Waals surface area contributed by atoms with Crippen LogP contribution in [-0.4, -0.2) is 36.0 Å². The summed E-state index contributed by atoms with van der Waals surface area (Å²) in [4.78, 5) is 35.5. The fourth-order valence-electron chi connectivity index (χ4n) is 2.28. The van der Waals surface area contributed by atoms with Crippen molar-refractivity contribution in [2.45, 2.75) is 13.8 Å². The number of phenolic OH excluding ortho intramolecular Hbond substituents is 1. The van der Waals surface area contributed by atoms with Gasteiger partial charge in [0.05, 0.1) is 6.54 Å². The molecule has 0 saturated carbocycles. The molecule has 0 aliphatic heterocycles. The third-order valence-electron chi connectivity index (χ3n) is 3.65. The van der Waals surface area contributed by atoms with Gasteiger partial charge in [-0.2, -0.15) is 0 Å². The van der Waals surface area contributed by atoms with E-state index in [1.807, 2.05) is 32.0 Å². The summed E-state index contributed by atoms with van der Waals surface area (Å²) in [5.74, 6) is -2.06. The minimum Gasteiger partial charge on any atom is -0.507 e. The van der Waals surface area contributed by atoms with Gasteiger partial charge in [0.15, 0.2) is 6.61 Å². The average Bonchev–Trinajstić information content (AvgIpc) is 2.61. The van der Waals surface area contributed by atoms with Crippen LogP contribution in [0.1, 0.15) is 21.5 Å². The van der Waals surface area contributed by atoms with E-state index in [9.17, 15) is 19.5 Å². The number of carbonyl (C=O) groups excluding carboxylic acids is 3. The van der Waals surface area contributed by atoms with Crippen molar-refractivity contribution in [1.82, 2.24) is 5.32 Å². The zero-order valence-electron chi connectivity index (χ0n) is 14.5. The van der Waals surface area contributed by atoms with Crippen molar-refractivity contribution < 1.29 is 24.2 Å². The quantitative estimate of drug-likeness (QED) is 0.686. The Morgan fingerprint density at radius 2 is 1.62 bits per heavy atom. The normalized spacial score (nSPS) is 10.1. The zero-order chi connectivity index (χ0) is 19.1. The first-order valence-electron chi connectivity index (χ1n) is 7.96. The molecule has 0 atom stereocenters. The van der Waals surface area contributed by atoms with Crippen molar-refractivity contribution in [2.24, 2.45) is 0 Å². The smallest absolute Gasteiger partial charge is 0.342 e. The first-order chi connectivity index (χ1) is 12.4. The zero-order valence-corrected chi connectivity index (χ0v) is 14.5. The highest BCUT2D eigenvalue weighted by molar-refractivity contribution is 5.97. The molecule has 7 heteroatoms. The number of para-hydroxylation sites is 2. The van der Waals surface area contributed by atoms with Gasteiger partial charge in [-0.1, -0.05) is 30.3 Å². The van der Waals surface area contributed by atoms with E-state index in [1.165, 1.54) is 12.1 Å². The van der Waals surface area contributed by atoms with Crippen molar-refractivity contribution in [3.63, 3.8) is 0 Å². The third kappa shape index (κ3) is 5.07. The fraction of sp³-hybridized carbons (Fsp3) is 0.211. The number of amides is 2. The molecule has 0 aromatic heterocycles. The van der Waals surface area contributed by atoms with Crippen molar-refractivity contribution in [2.75, 3.05) is 18.5 Å². The summed E-state index contributed by atoms with van der Waals surface area (Å²) >= 11 is 0. The van der Waals surface area contributed by atoms with Crippen LogP contribution in [0, 0.1) is 13.8 Å². The molecule has 2 aromatic rings. The first-order valence-corrected chi connectivity index (χ1v) is 7.96. The maximum absolute atomic E-state index is 12.0. The Balaban J connectivity index is 1.79. The van der Waals surface area contributed by atoms with Gasteiger partial charge in [0, 0.05) is 5.69 Å². The molecular weight excluding hydrogens is 336 g/mol. The summed E-state index contributed by atoms with van der Waals surface area (Å²) in [6.45, 7) is 2.95. The molecule has 0 spiro atoms. The van der Waals surface area contributed by atoms with Crippen LogP contribution in [0.15, 0.2) is 42.5 Å². The summed E-state index contributed by atoms with van der Waals surface area (Å²) in [6.07, 6.45) is 0. The van der Waals surface area contributed by atoms with Crippen LogP contribution in [0.2, 0.25) is 0 Å². The maximum Gasteiger partial charge on any atom is 0.342 e. The first kappa shape index (κ1) is 19.0. The van der Waals surface area contributed by atoms with Crippen molar-refractivity contribution in [1.29, 1.82) is 0 Å². The van der Waals surface area contributed by atoms with Crippen LogP contribution in [0.25, 0.3) is 0 Å². The van der Waals surface area contributed by atoms with Crippen molar-refractivity contribution in [3.8, 4) is 5.75 Å². The molecule has 2 aromatic carbocycles. The molecule has 3 N–H and O–H groups in total. The van der Waals surface area contributed by atoms with Gasteiger partial charge in [0.1, 0.15) is 11.3 Å². The molecule has 2 amide bonds. The van der Waals surface area contributed by atoms with Crippen LogP contribution in [0.5, 0.6) is 5.75 Å². The predicted molar refractivity (Wildman–Crippen MR) is 95.9 cm³/mol. The summed E-state index contributed by atoms with van der Waals surface area (Å²) in [7, 11) is 0. The Morgan fingerprint density at radius 1 is 0.962 bits per heavy atom. The van der Waals surface area contributed by atoms with Crippen molar-refractivity contribution in [3.05, 3.63) is 59.2 Å². The Labute approximate surface area is 151 Å². The molecule has 0 fully saturated rings. The molecule has 26 heavy (non-hydrogen) atoms. The minimum atomic E-state index is -0.821. The number of anilines is 1. The van der Waals surface area contributed by atoms with E-state index < -0.39 is 18.5 Å². The lowest BCUT2D eigenvalue weighted by molar-refractivity contribution is -0.126. The minimum absolute atomic E-state index is 0.0342. The van der Waals surface area contributed by atoms with E-state index in [0.29, 0.717) is 5.69 Å². The number of esters is 1. The molecule has 0 saturated heterocycles.